The Hall–Kier alpha value is -4.04. The van der Waals surface area contributed by atoms with Crippen LogP contribution < -0.4 is 27.3 Å². The zero-order valence-electron chi connectivity index (χ0n) is 16.6. The van der Waals surface area contributed by atoms with Gasteiger partial charge in [-0.15, -0.1) is 0 Å². The lowest BCUT2D eigenvalue weighted by Crippen LogP contribution is -2.19. The standard InChI is InChI=1S/C15H13ClN2O3.C7H8N2O/c1-21-12-8-4-6-10(16)13(12)15(20)18-11-7-3-2-5-9(11)14(17)19;8-6-4-2-1-3-5(6)7(9)10/h2-8H,1H3,(H2,17,19)(H,18,20);1-4H,8H2,(H2,9,10). The highest BCUT2D eigenvalue weighted by Crippen LogP contribution is 2.27. The number of ether oxygens (including phenoxy) is 1. The maximum Gasteiger partial charge on any atom is 0.260 e. The molecule has 7 N–H and O–H groups in total. The topological polar surface area (TPSA) is 151 Å². The lowest BCUT2D eigenvalue weighted by molar-refractivity contribution is 0.0991. The van der Waals surface area contributed by atoms with Gasteiger partial charge in [-0.05, 0) is 36.4 Å². The molecule has 0 aliphatic carbocycles. The summed E-state index contributed by atoms with van der Waals surface area (Å²) >= 11 is 6.04. The number of anilines is 2. The minimum Gasteiger partial charge on any atom is -0.496 e. The first kappa shape index (κ1) is 23.2. The zero-order valence-corrected chi connectivity index (χ0v) is 17.3. The largest absolute Gasteiger partial charge is 0.496 e. The molecular weight excluding hydrogens is 420 g/mol. The number of rotatable bonds is 5. The molecule has 31 heavy (non-hydrogen) atoms. The number of nitrogen functional groups attached to an aromatic ring is 1. The Balaban J connectivity index is 0.000000285. The third kappa shape index (κ3) is 5.97. The first-order chi connectivity index (χ1) is 14.8. The second-order valence-electron chi connectivity index (χ2n) is 6.13. The highest BCUT2D eigenvalue weighted by molar-refractivity contribution is 6.35. The van der Waals surface area contributed by atoms with Crippen molar-refractivity contribution in [3.63, 3.8) is 0 Å². The van der Waals surface area contributed by atoms with E-state index < -0.39 is 17.7 Å². The number of halogens is 1. The average Bonchev–Trinajstić information content (AvgIpc) is 2.74. The number of nitrogens with two attached hydrogens (primary N) is 3. The van der Waals surface area contributed by atoms with Crippen molar-refractivity contribution < 1.29 is 19.1 Å². The van der Waals surface area contributed by atoms with E-state index in [2.05, 4.69) is 5.32 Å². The zero-order chi connectivity index (χ0) is 23.0. The second kappa shape index (κ2) is 10.7. The van der Waals surface area contributed by atoms with Crippen LogP contribution in [0.25, 0.3) is 0 Å². The summed E-state index contributed by atoms with van der Waals surface area (Å²) in [6.07, 6.45) is 0. The minimum absolute atomic E-state index is 0.195. The Morgan fingerprint density at radius 2 is 1.42 bits per heavy atom. The molecule has 0 bridgehead atoms. The van der Waals surface area contributed by atoms with Gasteiger partial charge in [0.05, 0.1) is 28.9 Å². The van der Waals surface area contributed by atoms with Gasteiger partial charge < -0.3 is 27.3 Å². The molecule has 0 atom stereocenters. The van der Waals surface area contributed by atoms with Crippen molar-refractivity contribution in [3.05, 3.63) is 88.4 Å². The predicted molar refractivity (Wildman–Crippen MR) is 120 cm³/mol. The van der Waals surface area contributed by atoms with E-state index in [-0.39, 0.29) is 16.1 Å². The van der Waals surface area contributed by atoms with Crippen molar-refractivity contribution in [1.29, 1.82) is 0 Å². The van der Waals surface area contributed by atoms with E-state index in [1.165, 1.54) is 13.2 Å². The molecule has 3 amide bonds. The van der Waals surface area contributed by atoms with Gasteiger partial charge in [-0.3, -0.25) is 14.4 Å². The summed E-state index contributed by atoms with van der Waals surface area (Å²) in [5.41, 5.74) is 17.2. The summed E-state index contributed by atoms with van der Waals surface area (Å²) in [6.45, 7) is 0. The molecular formula is C22H21ClN4O4. The third-order valence-corrected chi connectivity index (χ3v) is 4.40. The van der Waals surface area contributed by atoms with Gasteiger partial charge in [0.2, 0.25) is 0 Å². The molecule has 0 unspecified atom stereocenters. The van der Waals surface area contributed by atoms with Gasteiger partial charge in [-0.1, -0.05) is 41.9 Å². The summed E-state index contributed by atoms with van der Waals surface area (Å²) in [7, 11) is 1.44. The quantitative estimate of drug-likeness (QED) is 0.449. The van der Waals surface area contributed by atoms with E-state index in [1.807, 2.05) is 0 Å². The van der Waals surface area contributed by atoms with Crippen LogP contribution in [0.15, 0.2) is 66.7 Å². The Morgan fingerprint density at radius 3 is 1.97 bits per heavy atom. The smallest absolute Gasteiger partial charge is 0.260 e. The molecule has 0 aliphatic heterocycles. The van der Waals surface area contributed by atoms with Crippen molar-refractivity contribution in [2.45, 2.75) is 0 Å². The number of methoxy groups -OCH3 is 1. The van der Waals surface area contributed by atoms with Crippen LogP contribution in [0.2, 0.25) is 5.02 Å². The van der Waals surface area contributed by atoms with Crippen molar-refractivity contribution in [2.75, 3.05) is 18.2 Å². The van der Waals surface area contributed by atoms with Crippen LogP contribution in [-0.2, 0) is 0 Å². The van der Waals surface area contributed by atoms with Crippen LogP contribution in [0, 0.1) is 0 Å². The van der Waals surface area contributed by atoms with E-state index >= 15 is 0 Å². The van der Waals surface area contributed by atoms with Crippen molar-refractivity contribution in [3.8, 4) is 5.75 Å². The number of hydrogen-bond donors (Lipinski definition) is 4. The van der Waals surface area contributed by atoms with Crippen molar-refractivity contribution in [2.24, 2.45) is 11.5 Å². The van der Waals surface area contributed by atoms with Gasteiger partial charge >= 0.3 is 0 Å². The van der Waals surface area contributed by atoms with E-state index in [0.717, 1.165) is 0 Å². The van der Waals surface area contributed by atoms with Crippen LogP contribution in [0.1, 0.15) is 31.1 Å². The second-order valence-corrected chi connectivity index (χ2v) is 6.54. The maximum atomic E-state index is 12.4. The highest BCUT2D eigenvalue weighted by atomic mass is 35.5. The average molecular weight is 441 g/mol. The molecule has 0 saturated carbocycles. The molecule has 3 rings (SSSR count). The predicted octanol–water partition coefficient (Wildman–Crippen LogP) is 3.07. The molecule has 0 heterocycles. The van der Waals surface area contributed by atoms with E-state index in [4.69, 9.17) is 33.5 Å². The fourth-order valence-electron chi connectivity index (χ4n) is 2.61. The van der Waals surface area contributed by atoms with Crippen LogP contribution >= 0.6 is 11.6 Å². The van der Waals surface area contributed by atoms with Crippen LogP contribution in [0.3, 0.4) is 0 Å². The molecule has 160 valence electrons. The molecule has 0 aromatic heterocycles. The Kier molecular flexibility index (Phi) is 7.99. The van der Waals surface area contributed by atoms with Gasteiger partial charge in [-0.2, -0.15) is 0 Å². The number of carbonyl (C=O) groups is 3. The normalized spacial score (nSPS) is 9.74. The molecule has 9 heteroatoms. The van der Waals surface area contributed by atoms with E-state index in [9.17, 15) is 14.4 Å². The molecule has 0 fully saturated rings. The van der Waals surface area contributed by atoms with Crippen LogP contribution in [-0.4, -0.2) is 24.8 Å². The number of hydrogen-bond acceptors (Lipinski definition) is 5. The number of nitrogens with one attached hydrogen (secondary N) is 1. The molecule has 3 aromatic rings. The number of carbonyl (C=O) groups excluding carboxylic acids is 3. The minimum atomic E-state index is -0.628. The van der Waals surface area contributed by atoms with Gasteiger partial charge in [0.25, 0.3) is 17.7 Å². The summed E-state index contributed by atoms with van der Waals surface area (Å²) < 4.78 is 5.13. The number of primary amides is 2. The van der Waals surface area contributed by atoms with Gasteiger partial charge in [0.1, 0.15) is 11.3 Å². The Morgan fingerprint density at radius 1 is 0.839 bits per heavy atom. The molecule has 3 aromatic carbocycles. The molecule has 0 radical (unpaired) electrons. The summed E-state index contributed by atoms with van der Waals surface area (Å²) in [5.74, 6) is -1.25. The Labute approximate surface area is 183 Å². The fraction of sp³-hybridized carbons (Fsp3) is 0.0455. The van der Waals surface area contributed by atoms with Crippen molar-refractivity contribution in [1.82, 2.24) is 0 Å². The van der Waals surface area contributed by atoms with Crippen molar-refractivity contribution >= 4 is 40.7 Å². The van der Waals surface area contributed by atoms with Gasteiger partial charge in [0.15, 0.2) is 0 Å². The lowest BCUT2D eigenvalue weighted by Gasteiger charge is -2.12. The molecule has 0 spiro atoms. The molecule has 0 aliphatic rings. The fourth-order valence-corrected chi connectivity index (χ4v) is 2.86. The molecule has 8 nitrogen and oxygen atoms in total. The monoisotopic (exact) mass is 440 g/mol. The first-order valence-electron chi connectivity index (χ1n) is 8.93. The highest BCUT2D eigenvalue weighted by Gasteiger charge is 2.18. The Bertz CT molecular complexity index is 1120. The number of amides is 3. The summed E-state index contributed by atoms with van der Waals surface area (Å²) in [5, 5.41) is 2.87. The van der Waals surface area contributed by atoms with E-state index in [1.54, 1.807) is 60.7 Å². The van der Waals surface area contributed by atoms with Crippen LogP contribution in [0.4, 0.5) is 11.4 Å². The maximum absolute atomic E-state index is 12.4. The number of para-hydroxylation sites is 2. The van der Waals surface area contributed by atoms with Gasteiger partial charge in [0, 0.05) is 5.69 Å². The summed E-state index contributed by atoms with van der Waals surface area (Å²) in [4.78, 5) is 34.3. The first-order valence-corrected chi connectivity index (χ1v) is 9.31. The van der Waals surface area contributed by atoms with Crippen LogP contribution in [0.5, 0.6) is 5.75 Å². The van der Waals surface area contributed by atoms with Gasteiger partial charge in [-0.25, -0.2) is 0 Å². The number of benzene rings is 3. The summed E-state index contributed by atoms with van der Waals surface area (Å²) in [6, 6.07) is 18.0. The van der Waals surface area contributed by atoms with E-state index in [0.29, 0.717) is 22.7 Å². The third-order valence-electron chi connectivity index (χ3n) is 4.09. The SMILES string of the molecule is COc1cccc(Cl)c1C(=O)Nc1ccccc1C(N)=O.NC(=O)c1ccccc1N. The lowest BCUT2D eigenvalue weighted by atomic mass is 10.1. The molecule has 0 saturated heterocycles.